The number of hydrogen-bond donors (Lipinski definition) is 0. The maximum atomic E-state index is 13.1. The lowest BCUT2D eigenvalue weighted by molar-refractivity contribution is -0.133. The minimum absolute atomic E-state index is 0.0504. The number of aryl methyl sites for hydroxylation is 2. The molecule has 1 atom stereocenters. The highest BCUT2D eigenvalue weighted by Crippen LogP contribution is 2.39. The largest absolute Gasteiger partial charge is 0.331 e. The minimum atomic E-state index is 0.0504. The first kappa shape index (κ1) is 17.0. The zero-order chi connectivity index (χ0) is 17.9. The van der Waals surface area contributed by atoms with Crippen molar-refractivity contribution in [3.05, 3.63) is 93.2 Å². The fraction of sp³-hybridized carbons (Fsp3) is 0.261. The van der Waals surface area contributed by atoms with Crippen molar-refractivity contribution in [3.8, 4) is 0 Å². The van der Waals surface area contributed by atoms with Crippen LogP contribution in [0.2, 0.25) is 0 Å². The van der Waals surface area contributed by atoms with Crippen LogP contribution in [0.5, 0.6) is 0 Å². The van der Waals surface area contributed by atoms with Crippen molar-refractivity contribution in [2.75, 3.05) is 6.54 Å². The van der Waals surface area contributed by atoms with E-state index >= 15 is 0 Å². The van der Waals surface area contributed by atoms with Crippen LogP contribution >= 0.6 is 11.3 Å². The predicted octanol–water partition coefficient (Wildman–Crippen LogP) is 5.16. The molecule has 0 N–H and O–H groups in total. The summed E-state index contributed by atoms with van der Waals surface area (Å²) >= 11 is 1.82. The van der Waals surface area contributed by atoms with E-state index in [1.165, 1.54) is 27.1 Å². The molecule has 0 bridgehead atoms. The lowest BCUT2D eigenvalue weighted by Gasteiger charge is -2.37. The van der Waals surface area contributed by atoms with E-state index in [1.54, 1.807) is 0 Å². The first-order valence-electron chi connectivity index (χ1n) is 9.19. The van der Waals surface area contributed by atoms with Crippen LogP contribution in [0, 0.1) is 6.92 Å². The van der Waals surface area contributed by atoms with Gasteiger partial charge in [-0.2, -0.15) is 0 Å². The van der Waals surface area contributed by atoms with Crippen LogP contribution in [-0.4, -0.2) is 17.4 Å². The highest BCUT2D eigenvalue weighted by Gasteiger charge is 2.33. The molecule has 0 saturated carbocycles. The quantitative estimate of drug-likeness (QED) is 0.628. The molecule has 26 heavy (non-hydrogen) atoms. The average molecular weight is 362 g/mol. The van der Waals surface area contributed by atoms with Crippen LogP contribution in [0.3, 0.4) is 0 Å². The predicted molar refractivity (Wildman–Crippen MR) is 108 cm³/mol. The fourth-order valence-electron chi connectivity index (χ4n) is 3.85. The van der Waals surface area contributed by atoms with Crippen molar-refractivity contribution < 1.29 is 4.79 Å². The maximum Gasteiger partial charge on any atom is 0.223 e. The third kappa shape index (κ3) is 3.32. The van der Waals surface area contributed by atoms with Crippen molar-refractivity contribution in [3.63, 3.8) is 0 Å². The van der Waals surface area contributed by atoms with Crippen molar-refractivity contribution in [1.29, 1.82) is 0 Å². The molecule has 2 nitrogen and oxygen atoms in total. The zero-order valence-corrected chi connectivity index (χ0v) is 15.8. The number of benzene rings is 2. The molecule has 2 aromatic carbocycles. The Bertz CT molecular complexity index is 899. The van der Waals surface area contributed by atoms with Gasteiger partial charge in [-0.3, -0.25) is 4.79 Å². The number of hydrogen-bond acceptors (Lipinski definition) is 2. The van der Waals surface area contributed by atoms with Crippen molar-refractivity contribution in [2.24, 2.45) is 0 Å². The molecule has 0 spiro atoms. The molecule has 0 saturated heterocycles. The summed E-state index contributed by atoms with van der Waals surface area (Å²) in [5.74, 6) is 0.249. The number of fused-ring (bicyclic) bond motifs is 1. The normalized spacial score (nSPS) is 16.3. The second-order valence-corrected chi connectivity index (χ2v) is 7.88. The third-order valence-corrected chi connectivity index (χ3v) is 6.24. The lowest BCUT2D eigenvalue weighted by Crippen LogP contribution is -2.40. The summed E-state index contributed by atoms with van der Waals surface area (Å²) in [5, 5.41) is 2.16. The van der Waals surface area contributed by atoms with Gasteiger partial charge in [0.15, 0.2) is 0 Å². The van der Waals surface area contributed by atoms with Gasteiger partial charge < -0.3 is 4.90 Å². The molecular weight excluding hydrogens is 338 g/mol. The third-order valence-electron chi connectivity index (χ3n) is 5.24. The summed E-state index contributed by atoms with van der Waals surface area (Å²) in [7, 11) is 0. The Balaban J connectivity index is 1.62. The van der Waals surface area contributed by atoms with Gasteiger partial charge in [0.2, 0.25) is 5.91 Å². The topological polar surface area (TPSA) is 20.3 Å². The van der Waals surface area contributed by atoms with Crippen molar-refractivity contribution in [2.45, 2.75) is 32.2 Å². The number of carbonyl (C=O) groups excluding carboxylic acids is 1. The summed E-state index contributed by atoms with van der Waals surface area (Å²) in [6.07, 6.45) is 2.32. The van der Waals surface area contributed by atoms with E-state index < -0.39 is 0 Å². The Morgan fingerprint density at radius 1 is 1.04 bits per heavy atom. The number of nitrogens with zero attached hydrogens (tertiary/aromatic N) is 1. The van der Waals surface area contributed by atoms with Gasteiger partial charge in [-0.15, -0.1) is 11.3 Å². The van der Waals surface area contributed by atoms with E-state index in [-0.39, 0.29) is 11.9 Å². The Morgan fingerprint density at radius 3 is 2.62 bits per heavy atom. The molecule has 3 aromatic rings. The van der Waals surface area contributed by atoms with Crippen molar-refractivity contribution in [1.82, 2.24) is 4.90 Å². The molecule has 1 aliphatic heterocycles. The highest BCUT2D eigenvalue weighted by atomic mass is 32.1. The van der Waals surface area contributed by atoms with E-state index in [4.69, 9.17) is 0 Å². The summed E-state index contributed by atoms with van der Waals surface area (Å²) in [5.41, 5.74) is 5.03. The summed E-state index contributed by atoms with van der Waals surface area (Å²) < 4.78 is 0. The van der Waals surface area contributed by atoms with Gasteiger partial charge in [-0.25, -0.2) is 0 Å². The van der Waals surface area contributed by atoms with Crippen LogP contribution in [0.15, 0.2) is 66.0 Å². The Labute approximate surface area is 159 Å². The van der Waals surface area contributed by atoms with Gasteiger partial charge in [0.25, 0.3) is 0 Å². The molecule has 0 aliphatic carbocycles. The Hall–Kier alpha value is -2.39. The van der Waals surface area contributed by atoms with E-state index in [2.05, 4.69) is 59.7 Å². The number of thiophene rings is 1. The molecule has 4 rings (SSSR count). The zero-order valence-electron chi connectivity index (χ0n) is 15.0. The van der Waals surface area contributed by atoms with Crippen LogP contribution in [0.4, 0.5) is 0 Å². The van der Waals surface area contributed by atoms with Gasteiger partial charge >= 0.3 is 0 Å². The first-order valence-corrected chi connectivity index (χ1v) is 10.1. The molecule has 0 radical (unpaired) electrons. The summed E-state index contributed by atoms with van der Waals surface area (Å²) in [6.45, 7) is 2.95. The first-order chi connectivity index (χ1) is 12.7. The lowest BCUT2D eigenvalue weighted by atomic mass is 9.90. The molecular formula is C23H23NOS. The van der Waals surface area contributed by atoms with E-state index in [9.17, 15) is 4.79 Å². The molecule has 3 heteroatoms. The van der Waals surface area contributed by atoms with E-state index in [0.717, 1.165) is 19.4 Å². The van der Waals surface area contributed by atoms with Gasteiger partial charge in [0.1, 0.15) is 0 Å². The number of carbonyl (C=O) groups is 1. The fourth-order valence-corrected chi connectivity index (χ4v) is 4.76. The minimum Gasteiger partial charge on any atom is -0.331 e. The average Bonchev–Trinajstić information content (AvgIpc) is 3.15. The van der Waals surface area contributed by atoms with Gasteiger partial charge in [-0.1, -0.05) is 54.6 Å². The van der Waals surface area contributed by atoms with Crippen LogP contribution in [0.1, 0.15) is 39.6 Å². The molecule has 1 amide bonds. The smallest absolute Gasteiger partial charge is 0.223 e. The van der Waals surface area contributed by atoms with Gasteiger partial charge in [-0.05, 0) is 53.5 Å². The van der Waals surface area contributed by atoms with E-state index in [0.29, 0.717) is 6.42 Å². The molecule has 1 aliphatic rings. The van der Waals surface area contributed by atoms with Gasteiger partial charge in [0, 0.05) is 17.8 Å². The SMILES string of the molecule is Cc1ccccc1[C@H]1c2ccsc2CCN1C(=O)CCc1ccccc1. The Kier molecular flexibility index (Phi) is 4.89. The van der Waals surface area contributed by atoms with Crippen molar-refractivity contribution >= 4 is 17.2 Å². The van der Waals surface area contributed by atoms with Gasteiger partial charge in [0.05, 0.1) is 6.04 Å². The van der Waals surface area contributed by atoms with E-state index in [1.807, 2.05) is 29.5 Å². The summed E-state index contributed by atoms with van der Waals surface area (Å²) in [4.78, 5) is 16.6. The molecule has 132 valence electrons. The molecule has 1 aromatic heterocycles. The van der Waals surface area contributed by atoms with Crippen LogP contribution < -0.4 is 0 Å². The number of rotatable bonds is 4. The maximum absolute atomic E-state index is 13.1. The standard InChI is InChI=1S/C23H23NOS/c1-17-7-5-6-10-19(17)23-20-14-16-26-21(20)13-15-24(23)22(25)12-11-18-8-3-2-4-9-18/h2-10,14,16,23H,11-13,15H2,1H3/t23-/m0/s1. The van der Waals surface area contributed by atoms with Crippen LogP contribution in [0.25, 0.3) is 0 Å². The molecule has 0 fully saturated rings. The second-order valence-electron chi connectivity index (χ2n) is 6.88. The Morgan fingerprint density at radius 2 is 1.81 bits per heavy atom. The second kappa shape index (κ2) is 7.46. The monoisotopic (exact) mass is 361 g/mol. The molecule has 2 heterocycles. The van der Waals surface area contributed by atoms with Crippen LogP contribution in [-0.2, 0) is 17.6 Å². The highest BCUT2D eigenvalue weighted by molar-refractivity contribution is 7.10. The number of amides is 1. The summed E-state index contributed by atoms with van der Waals surface area (Å²) in [6, 6.07) is 21.0. The molecule has 0 unspecified atom stereocenters.